The molecule has 21 heavy (non-hydrogen) atoms. The Labute approximate surface area is 129 Å². The van der Waals surface area contributed by atoms with Crippen LogP contribution in [0.15, 0.2) is 46.9 Å². The first-order valence-electron chi connectivity index (χ1n) is 5.98. The topological polar surface area (TPSA) is 110 Å². The summed E-state index contributed by atoms with van der Waals surface area (Å²) in [5, 5.41) is 5.16. The molecule has 0 spiro atoms. The second kappa shape index (κ2) is 6.27. The summed E-state index contributed by atoms with van der Waals surface area (Å²) in [6, 6.07) is 10.9. The van der Waals surface area contributed by atoms with Crippen LogP contribution in [0.2, 0.25) is 0 Å². The van der Waals surface area contributed by atoms with Crippen LogP contribution in [0, 0.1) is 0 Å². The number of urea groups is 1. The van der Waals surface area contributed by atoms with E-state index in [4.69, 9.17) is 11.5 Å². The lowest BCUT2D eigenvalue weighted by Crippen LogP contribution is -2.19. The van der Waals surface area contributed by atoms with Crippen molar-refractivity contribution in [3.63, 3.8) is 0 Å². The number of amides is 3. The summed E-state index contributed by atoms with van der Waals surface area (Å²) in [7, 11) is 0. The second-order valence-electron chi connectivity index (χ2n) is 4.26. The number of nitrogen functional groups attached to an aromatic ring is 1. The summed E-state index contributed by atoms with van der Waals surface area (Å²) in [6.45, 7) is 0. The fourth-order valence-electron chi connectivity index (χ4n) is 1.69. The summed E-state index contributed by atoms with van der Waals surface area (Å²) in [6.07, 6.45) is 0. The van der Waals surface area contributed by atoms with Crippen molar-refractivity contribution in [2.24, 2.45) is 5.73 Å². The Balaban J connectivity index is 2.15. The third kappa shape index (κ3) is 3.96. The molecule has 7 heteroatoms. The van der Waals surface area contributed by atoms with Crippen LogP contribution in [-0.4, -0.2) is 11.9 Å². The van der Waals surface area contributed by atoms with Gasteiger partial charge in [-0.15, -0.1) is 0 Å². The van der Waals surface area contributed by atoms with E-state index in [9.17, 15) is 9.59 Å². The number of carbonyl (C=O) groups excluding carboxylic acids is 2. The minimum Gasteiger partial charge on any atom is -0.398 e. The maximum absolute atomic E-state index is 12.1. The lowest BCUT2D eigenvalue weighted by molar-refractivity contribution is 0.102. The lowest BCUT2D eigenvalue weighted by Gasteiger charge is -2.08. The van der Waals surface area contributed by atoms with Gasteiger partial charge in [-0.25, -0.2) is 4.79 Å². The van der Waals surface area contributed by atoms with Gasteiger partial charge in [-0.05, 0) is 52.3 Å². The minimum atomic E-state index is -0.666. The van der Waals surface area contributed by atoms with Crippen LogP contribution < -0.4 is 22.1 Å². The van der Waals surface area contributed by atoms with Crippen molar-refractivity contribution in [3.05, 3.63) is 52.5 Å². The van der Waals surface area contributed by atoms with E-state index in [2.05, 4.69) is 26.6 Å². The smallest absolute Gasteiger partial charge is 0.316 e. The third-order valence-electron chi connectivity index (χ3n) is 2.65. The van der Waals surface area contributed by atoms with E-state index in [-0.39, 0.29) is 5.91 Å². The van der Waals surface area contributed by atoms with Crippen LogP contribution in [0.5, 0.6) is 0 Å². The molecule has 0 radical (unpaired) electrons. The van der Waals surface area contributed by atoms with Gasteiger partial charge >= 0.3 is 6.03 Å². The van der Waals surface area contributed by atoms with E-state index >= 15 is 0 Å². The van der Waals surface area contributed by atoms with Gasteiger partial charge in [-0.1, -0.05) is 6.07 Å². The highest BCUT2D eigenvalue weighted by Crippen LogP contribution is 2.21. The van der Waals surface area contributed by atoms with Crippen molar-refractivity contribution in [2.45, 2.75) is 0 Å². The molecule has 6 nitrogen and oxygen atoms in total. The molecular formula is C14H13BrN4O2. The Kier molecular flexibility index (Phi) is 4.44. The number of anilines is 3. The fraction of sp³-hybridized carbons (Fsp3) is 0. The molecule has 0 aromatic heterocycles. The monoisotopic (exact) mass is 348 g/mol. The lowest BCUT2D eigenvalue weighted by atomic mass is 10.2. The molecule has 2 rings (SSSR count). The minimum absolute atomic E-state index is 0.285. The van der Waals surface area contributed by atoms with E-state index in [1.807, 2.05) is 0 Å². The Morgan fingerprint density at radius 1 is 1.00 bits per heavy atom. The Hall–Kier alpha value is -2.54. The van der Waals surface area contributed by atoms with Gasteiger partial charge < -0.3 is 22.1 Å². The number of primary amides is 1. The van der Waals surface area contributed by atoms with Crippen LogP contribution >= 0.6 is 15.9 Å². The average Bonchev–Trinajstić information content (AvgIpc) is 2.41. The van der Waals surface area contributed by atoms with Gasteiger partial charge in [0.25, 0.3) is 5.91 Å². The number of carbonyl (C=O) groups is 2. The molecular weight excluding hydrogens is 336 g/mol. The molecule has 0 saturated heterocycles. The van der Waals surface area contributed by atoms with Crippen LogP contribution in [0.1, 0.15) is 10.4 Å². The molecule has 3 amide bonds. The molecule has 0 aliphatic carbocycles. The average molecular weight is 349 g/mol. The van der Waals surface area contributed by atoms with Crippen molar-refractivity contribution in [1.29, 1.82) is 0 Å². The number of hydrogen-bond donors (Lipinski definition) is 4. The summed E-state index contributed by atoms with van der Waals surface area (Å²) < 4.78 is 0.652. The quantitative estimate of drug-likeness (QED) is 0.640. The number of hydrogen-bond acceptors (Lipinski definition) is 3. The van der Waals surface area contributed by atoms with Gasteiger partial charge in [0.15, 0.2) is 0 Å². The van der Waals surface area contributed by atoms with E-state index in [0.717, 1.165) is 0 Å². The zero-order valence-corrected chi connectivity index (χ0v) is 12.5. The normalized spacial score (nSPS) is 9.95. The predicted octanol–water partition coefficient (Wildman–Crippen LogP) is 2.77. The van der Waals surface area contributed by atoms with Crippen molar-refractivity contribution in [3.8, 4) is 0 Å². The second-order valence-corrected chi connectivity index (χ2v) is 5.11. The van der Waals surface area contributed by atoms with Crippen molar-refractivity contribution in [2.75, 3.05) is 16.4 Å². The Morgan fingerprint density at radius 3 is 2.29 bits per heavy atom. The van der Waals surface area contributed by atoms with E-state index < -0.39 is 6.03 Å². The van der Waals surface area contributed by atoms with Gasteiger partial charge in [0.1, 0.15) is 0 Å². The number of nitrogens with one attached hydrogen (secondary N) is 2. The molecule has 0 atom stereocenters. The molecule has 108 valence electrons. The molecule has 0 fully saturated rings. The SMILES string of the molecule is NC(=O)Nc1cccc(NC(=O)c2ccc(N)c(Br)c2)c1. The number of nitrogens with two attached hydrogens (primary N) is 2. The van der Waals surface area contributed by atoms with Gasteiger partial charge in [0, 0.05) is 27.1 Å². The first-order chi connectivity index (χ1) is 9.95. The molecule has 0 heterocycles. The summed E-state index contributed by atoms with van der Waals surface area (Å²) >= 11 is 3.27. The van der Waals surface area contributed by atoms with Gasteiger partial charge in [-0.2, -0.15) is 0 Å². The number of rotatable bonds is 3. The highest BCUT2D eigenvalue weighted by Gasteiger charge is 2.08. The van der Waals surface area contributed by atoms with E-state index in [0.29, 0.717) is 27.1 Å². The third-order valence-corrected chi connectivity index (χ3v) is 3.34. The largest absolute Gasteiger partial charge is 0.398 e. The van der Waals surface area contributed by atoms with Crippen molar-refractivity contribution < 1.29 is 9.59 Å². The summed E-state index contributed by atoms with van der Waals surface area (Å²) in [5.74, 6) is -0.285. The van der Waals surface area contributed by atoms with E-state index in [1.165, 1.54) is 0 Å². The predicted molar refractivity (Wildman–Crippen MR) is 86.2 cm³/mol. The van der Waals surface area contributed by atoms with E-state index in [1.54, 1.807) is 42.5 Å². The molecule has 0 bridgehead atoms. The van der Waals surface area contributed by atoms with Crippen LogP contribution in [-0.2, 0) is 0 Å². The van der Waals surface area contributed by atoms with Gasteiger partial charge in [0.05, 0.1) is 0 Å². The number of halogens is 1. The van der Waals surface area contributed by atoms with Crippen LogP contribution in [0.3, 0.4) is 0 Å². The molecule has 0 saturated carbocycles. The molecule has 0 aliphatic heterocycles. The Morgan fingerprint density at radius 2 is 1.67 bits per heavy atom. The zero-order chi connectivity index (χ0) is 15.4. The first-order valence-corrected chi connectivity index (χ1v) is 6.78. The maximum Gasteiger partial charge on any atom is 0.316 e. The molecule has 6 N–H and O–H groups in total. The van der Waals surface area contributed by atoms with Crippen LogP contribution in [0.4, 0.5) is 21.9 Å². The summed E-state index contributed by atoms with van der Waals surface area (Å²) in [4.78, 5) is 22.9. The highest BCUT2D eigenvalue weighted by atomic mass is 79.9. The van der Waals surface area contributed by atoms with Crippen LogP contribution in [0.25, 0.3) is 0 Å². The standard InChI is InChI=1S/C14H13BrN4O2/c15-11-6-8(4-5-12(11)16)13(20)18-9-2-1-3-10(7-9)19-14(17)21/h1-7H,16H2,(H,18,20)(H3,17,19,21). The summed E-state index contributed by atoms with van der Waals surface area (Å²) in [5.41, 5.74) is 12.8. The van der Waals surface area contributed by atoms with Crippen molar-refractivity contribution in [1.82, 2.24) is 0 Å². The zero-order valence-electron chi connectivity index (χ0n) is 10.9. The number of benzene rings is 2. The van der Waals surface area contributed by atoms with Gasteiger partial charge in [0.2, 0.25) is 0 Å². The Bertz CT molecular complexity index is 703. The first kappa shape index (κ1) is 14.9. The van der Waals surface area contributed by atoms with Crippen molar-refractivity contribution >= 4 is 44.9 Å². The highest BCUT2D eigenvalue weighted by molar-refractivity contribution is 9.10. The molecule has 0 aliphatic rings. The molecule has 0 unspecified atom stereocenters. The van der Waals surface area contributed by atoms with Gasteiger partial charge in [-0.3, -0.25) is 4.79 Å². The fourth-order valence-corrected chi connectivity index (χ4v) is 2.07. The maximum atomic E-state index is 12.1. The molecule has 2 aromatic rings. The molecule has 2 aromatic carbocycles.